The van der Waals surface area contributed by atoms with Crippen LogP contribution in [-0.2, 0) is 4.79 Å². The molecule has 0 saturated carbocycles. The SMILES string of the molecule is N#Cc1cccc(-c2nc(NC=O)c3[nH]c(=O)n(-c4ccccc4)c3n2)c1. The number of anilines is 1. The molecule has 2 heterocycles. The number of H-pyrrole nitrogens is 1. The Morgan fingerprint density at radius 2 is 1.93 bits per heavy atom. The molecule has 8 nitrogen and oxygen atoms in total. The van der Waals surface area contributed by atoms with Crippen molar-refractivity contribution < 1.29 is 4.79 Å². The number of fused-ring (bicyclic) bond motifs is 1. The maximum Gasteiger partial charge on any atom is 0.332 e. The first-order valence-corrected chi connectivity index (χ1v) is 8.00. The molecule has 0 aliphatic carbocycles. The van der Waals surface area contributed by atoms with E-state index in [2.05, 4.69) is 26.3 Å². The van der Waals surface area contributed by atoms with Crippen LogP contribution in [0.15, 0.2) is 59.4 Å². The lowest BCUT2D eigenvalue weighted by molar-refractivity contribution is -0.105. The molecule has 130 valence electrons. The molecule has 4 aromatic rings. The molecule has 0 bridgehead atoms. The zero-order valence-corrected chi connectivity index (χ0v) is 13.9. The van der Waals surface area contributed by atoms with Gasteiger partial charge in [0.25, 0.3) is 0 Å². The summed E-state index contributed by atoms with van der Waals surface area (Å²) in [6.07, 6.45) is 0.482. The first-order chi connectivity index (χ1) is 13.2. The molecule has 0 fully saturated rings. The molecule has 0 radical (unpaired) electrons. The van der Waals surface area contributed by atoms with Crippen molar-refractivity contribution in [1.82, 2.24) is 19.5 Å². The first kappa shape index (κ1) is 16.2. The van der Waals surface area contributed by atoms with Crippen molar-refractivity contribution >= 4 is 23.4 Å². The minimum absolute atomic E-state index is 0.180. The van der Waals surface area contributed by atoms with Crippen molar-refractivity contribution in [2.24, 2.45) is 0 Å². The normalized spacial score (nSPS) is 10.5. The number of benzene rings is 2. The van der Waals surface area contributed by atoms with Gasteiger partial charge in [0.2, 0.25) is 6.41 Å². The fraction of sp³-hybridized carbons (Fsp3) is 0. The lowest BCUT2D eigenvalue weighted by Crippen LogP contribution is -2.14. The van der Waals surface area contributed by atoms with E-state index in [4.69, 9.17) is 5.26 Å². The number of hydrogen-bond donors (Lipinski definition) is 2. The van der Waals surface area contributed by atoms with Crippen molar-refractivity contribution in [2.45, 2.75) is 0 Å². The average Bonchev–Trinajstić information content (AvgIpc) is 3.05. The number of hydrogen-bond acceptors (Lipinski definition) is 5. The molecule has 2 aromatic carbocycles. The van der Waals surface area contributed by atoms with Gasteiger partial charge in [0.15, 0.2) is 17.3 Å². The Morgan fingerprint density at radius 3 is 2.67 bits per heavy atom. The minimum atomic E-state index is -0.401. The molecule has 0 atom stereocenters. The van der Waals surface area contributed by atoms with Crippen molar-refractivity contribution in [3.05, 3.63) is 70.6 Å². The quantitative estimate of drug-likeness (QED) is 0.544. The zero-order chi connectivity index (χ0) is 18.8. The predicted octanol–water partition coefficient (Wildman–Crippen LogP) is 2.22. The van der Waals surface area contributed by atoms with Crippen LogP contribution in [0.25, 0.3) is 28.2 Å². The summed E-state index contributed by atoms with van der Waals surface area (Å²) in [5, 5.41) is 11.6. The van der Waals surface area contributed by atoms with E-state index in [-0.39, 0.29) is 11.6 Å². The number of carbonyl (C=O) groups is 1. The number of aromatic amines is 1. The third kappa shape index (κ3) is 2.83. The van der Waals surface area contributed by atoms with Crippen molar-refractivity contribution in [3.8, 4) is 23.1 Å². The Balaban J connectivity index is 2.03. The van der Waals surface area contributed by atoms with Gasteiger partial charge in [0, 0.05) is 5.56 Å². The van der Waals surface area contributed by atoms with Crippen molar-refractivity contribution in [3.63, 3.8) is 0 Å². The zero-order valence-electron chi connectivity index (χ0n) is 13.9. The van der Waals surface area contributed by atoms with Crippen LogP contribution < -0.4 is 11.0 Å². The fourth-order valence-electron chi connectivity index (χ4n) is 2.82. The Bertz CT molecular complexity index is 1250. The smallest absolute Gasteiger partial charge is 0.311 e. The van der Waals surface area contributed by atoms with Gasteiger partial charge in [-0.1, -0.05) is 30.3 Å². The number of imidazole rings is 1. The van der Waals surface area contributed by atoms with Gasteiger partial charge in [-0.15, -0.1) is 0 Å². The maximum atomic E-state index is 12.5. The second-order valence-corrected chi connectivity index (χ2v) is 5.65. The number of aromatic nitrogens is 4. The molecule has 8 heteroatoms. The van der Waals surface area contributed by atoms with E-state index in [9.17, 15) is 9.59 Å². The van der Waals surface area contributed by atoms with Gasteiger partial charge in [-0.05, 0) is 24.3 Å². The van der Waals surface area contributed by atoms with Crippen LogP contribution >= 0.6 is 0 Å². The first-order valence-electron chi connectivity index (χ1n) is 8.00. The van der Waals surface area contributed by atoms with Crippen LogP contribution in [0.2, 0.25) is 0 Å². The molecule has 1 amide bonds. The topological polar surface area (TPSA) is 116 Å². The van der Waals surface area contributed by atoms with E-state index >= 15 is 0 Å². The van der Waals surface area contributed by atoms with E-state index in [0.717, 1.165) is 0 Å². The number of para-hydroxylation sites is 1. The average molecular weight is 356 g/mol. The third-order valence-corrected chi connectivity index (χ3v) is 4.00. The van der Waals surface area contributed by atoms with Gasteiger partial charge >= 0.3 is 5.69 Å². The van der Waals surface area contributed by atoms with E-state index in [1.807, 2.05) is 18.2 Å². The second-order valence-electron chi connectivity index (χ2n) is 5.65. The summed E-state index contributed by atoms with van der Waals surface area (Å²) in [7, 11) is 0. The summed E-state index contributed by atoms with van der Waals surface area (Å²) >= 11 is 0. The van der Waals surface area contributed by atoms with E-state index < -0.39 is 5.69 Å². The van der Waals surface area contributed by atoms with Crippen LogP contribution in [0.1, 0.15) is 5.56 Å². The number of nitriles is 1. The maximum absolute atomic E-state index is 12.5. The molecular formula is C19H12N6O2. The summed E-state index contributed by atoms with van der Waals surface area (Å²) in [6.45, 7) is 0. The predicted molar refractivity (Wildman–Crippen MR) is 99.3 cm³/mol. The van der Waals surface area contributed by atoms with Crippen LogP contribution in [0, 0.1) is 11.3 Å². The third-order valence-electron chi connectivity index (χ3n) is 4.00. The molecule has 0 unspecified atom stereocenters. The fourth-order valence-corrected chi connectivity index (χ4v) is 2.82. The van der Waals surface area contributed by atoms with Crippen molar-refractivity contribution in [1.29, 1.82) is 5.26 Å². The molecule has 0 aliphatic rings. The molecule has 0 aliphatic heterocycles. The van der Waals surface area contributed by atoms with Crippen LogP contribution in [-0.4, -0.2) is 25.9 Å². The molecule has 2 N–H and O–H groups in total. The van der Waals surface area contributed by atoms with Gasteiger partial charge in [-0.25, -0.2) is 19.3 Å². The van der Waals surface area contributed by atoms with E-state index in [0.29, 0.717) is 34.4 Å². The summed E-state index contributed by atoms with van der Waals surface area (Å²) in [5.74, 6) is 0.465. The van der Waals surface area contributed by atoms with Gasteiger partial charge in [-0.2, -0.15) is 5.26 Å². The highest BCUT2D eigenvalue weighted by Gasteiger charge is 2.17. The molecule has 27 heavy (non-hydrogen) atoms. The summed E-state index contributed by atoms with van der Waals surface area (Å²) in [6, 6.07) is 17.9. The highest BCUT2D eigenvalue weighted by Crippen LogP contribution is 2.24. The number of nitrogens with one attached hydrogen (secondary N) is 2. The van der Waals surface area contributed by atoms with Gasteiger partial charge in [0.1, 0.15) is 5.52 Å². The highest BCUT2D eigenvalue weighted by molar-refractivity contribution is 5.90. The van der Waals surface area contributed by atoms with Crippen LogP contribution in [0.4, 0.5) is 5.82 Å². The summed E-state index contributed by atoms with van der Waals surface area (Å²) < 4.78 is 1.41. The minimum Gasteiger partial charge on any atom is -0.311 e. The monoisotopic (exact) mass is 356 g/mol. The Hall–Kier alpha value is -4.25. The number of carbonyl (C=O) groups excluding carboxylic acids is 1. The lowest BCUT2D eigenvalue weighted by atomic mass is 10.1. The number of rotatable bonds is 4. The van der Waals surface area contributed by atoms with Crippen LogP contribution in [0.5, 0.6) is 0 Å². The molecular weight excluding hydrogens is 344 g/mol. The largest absolute Gasteiger partial charge is 0.332 e. The Morgan fingerprint density at radius 1 is 1.11 bits per heavy atom. The Labute approximate surface area is 152 Å². The molecule has 0 spiro atoms. The number of amides is 1. The molecule has 4 rings (SSSR count). The Kier molecular flexibility index (Phi) is 3.95. The van der Waals surface area contributed by atoms with E-state index in [1.165, 1.54) is 4.57 Å². The highest BCUT2D eigenvalue weighted by atomic mass is 16.1. The number of nitrogens with zero attached hydrogens (tertiary/aromatic N) is 4. The second kappa shape index (κ2) is 6.57. The summed E-state index contributed by atoms with van der Waals surface area (Å²) in [5.41, 5.74) is 1.91. The van der Waals surface area contributed by atoms with Crippen molar-refractivity contribution in [2.75, 3.05) is 5.32 Å². The lowest BCUT2D eigenvalue weighted by Gasteiger charge is -2.07. The molecule has 2 aromatic heterocycles. The van der Waals surface area contributed by atoms with Crippen LogP contribution in [0.3, 0.4) is 0 Å². The van der Waals surface area contributed by atoms with Gasteiger partial charge < -0.3 is 10.3 Å². The molecule has 0 saturated heterocycles. The van der Waals surface area contributed by atoms with Gasteiger partial charge in [0.05, 0.1) is 17.3 Å². The standard InChI is InChI=1S/C19H12N6O2/c20-10-12-5-4-6-13(9-12)16-23-17(21-11-26)15-18(24-16)25(19(27)22-15)14-7-2-1-3-8-14/h1-9,11H,(H,22,27)(H,21,23,24,26). The summed E-state index contributed by atoms with van der Waals surface area (Å²) in [4.78, 5) is 35.1. The van der Waals surface area contributed by atoms with Gasteiger partial charge in [-0.3, -0.25) is 4.79 Å². The van der Waals surface area contributed by atoms with E-state index in [1.54, 1.807) is 36.4 Å².